The first kappa shape index (κ1) is 17.3. The summed E-state index contributed by atoms with van der Waals surface area (Å²) >= 11 is 0. The fraction of sp³-hybridized carbons (Fsp3) is 0.786. The summed E-state index contributed by atoms with van der Waals surface area (Å²) < 4.78 is 4.93. The Kier molecular flexibility index (Phi) is 6.45. The predicted molar refractivity (Wildman–Crippen MR) is 77.6 cm³/mol. The largest absolute Gasteiger partial charge is 0.450 e. The van der Waals surface area contributed by atoms with Crippen molar-refractivity contribution < 1.29 is 19.1 Å². The second-order valence-electron chi connectivity index (χ2n) is 5.40. The van der Waals surface area contributed by atoms with E-state index in [1.54, 1.807) is 37.5 Å². The van der Waals surface area contributed by atoms with Gasteiger partial charge >= 0.3 is 6.09 Å². The summed E-state index contributed by atoms with van der Waals surface area (Å²) in [5.74, 6) is -0.408. The maximum Gasteiger partial charge on any atom is 0.409 e. The van der Waals surface area contributed by atoms with Gasteiger partial charge in [-0.25, -0.2) is 4.79 Å². The highest BCUT2D eigenvalue weighted by atomic mass is 16.6. The summed E-state index contributed by atoms with van der Waals surface area (Å²) in [6.45, 7) is 9.17. The number of amides is 3. The van der Waals surface area contributed by atoms with Crippen molar-refractivity contribution in [1.29, 1.82) is 0 Å². The number of hydrogen-bond acceptors (Lipinski definition) is 4. The average Bonchev–Trinajstić information content (AvgIpc) is 2.46. The smallest absolute Gasteiger partial charge is 0.409 e. The van der Waals surface area contributed by atoms with E-state index in [-0.39, 0.29) is 23.8 Å². The van der Waals surface area contributed by atoms with Crippen LogP contribution in [0.25, 0.3) is 0 Å². The molecule has 7 heteroatoms. The van der Waals surface area contributed by atoms with Crippen molar-refractivity contribution in [2.75, 3.05) is 32.8 Å². The molecule has 120 valence electrons. The van der Waals surface area contributed by atoms with E-state index < -0.39 is 6.04 Å². The van der Waals surface area contributed by atoms with E-state index in [2.05, 4.69) is 5.32 Å². The van der Waals surface area contributed by atoms with Crippen LogP contribution in [0.3, 0.4) is 0 Å². The molecule has 1 saturated heterocycles. The molecule has 1 aliphatic heterocycles. The molecule has 1 rings (SSSR count). The molecule has 1 aliphatic rings. The molecule has 21 heavy (non-hydrogen) atoms. The quantitative estimate of drug-likeness (QED) is 0.817. The minimum Gasteiger partial charge on any atom is -0.450 e. The lowest BCUT2D eigenvalue weighted by molar-refractivity contribution is -0.137. The van der Waals surface area contributed by atoms with E-state index in [0.717, 1.165) is 0 Å². The third-order valence-electron chi connectivity index (χ3n) is 3.37. The van der Waals surface area contributed by atoms with E-state index in [1.807, 2.05) is 0 Å². The maximum absolute atomic E-state index is 12.2. The molecular formula is C14H25N3O4. The van der Waals surface area contributed by atoms with Gasteiger partial charge < -0.3 is 19.9 Å². The predicted octanol–water partition coefficient (Wildman–Crippen LogP) is 0.448. The summed E-state index contributed by atoms with van der Waals surface area (Å²) in [4.78, 5) is 38.7. The standard InChI is InChI=1S/C14H25N3O4/c1-5-21-14(20)17-8-6-16(7-9-17)13(19)11(4)15-12(18)10(2)3/h10-11H,5-9H2,1-4H3,(H,15,18)/t11-/m0/s1. The van der Waals surface area contributed by atoms with Crippen molar-refractivity contribution in [3.05, 3.63) is 0 Å². The lowest BCUT2D eigenvalue weighted by atomic mass is 10.2. The first-order valence-corrected chi connectivity index (χ1v) is 7.37. The molecule has 0 aromatic carbocycles. The van der Waals surface area contributed by atoms with Crippen LogP contribution in [-0.2, 0) is 14.3 Å². The molecule has 1 N–H and O–H groups in total. The first-order valence-electron chi connectivity index (χ1n) is 7.37. The number of carbonyl (C=O) groups excluding carboxylic acids is 3. The second kappa shape index (κ2) is 7.85. The van der Waals surface area contributed by atoms with Gasteiger partial charge in [0, 0.05) is 32.1 Å². The number of nitrogens with one attached hydrogen (secondary N) is 1. The molecule has 0 aliphatic carbocycles. The third-order valence-corrected chi connectivity index (χ3v) is 3.37. The number of piperazine rings is 1. The summed E-state index contributed by atoms with van der Waals surface area (Å²) in [6, 6.07) is -0.547. The number of carbonyl (C=O) groups is 3. The van der Waals surface area contributed by atoms with Gasteiger partial charge in [-0.3, -0.25) is 9.59 Å². The minimum atomic E-state index is -0.547. The zero-order valence-corrected chi connectivity index (χ0v) is 13.2. The highest BCUT2D eigenvalue weighted by Crippen LogP contribution is 2.06. The molecule has 1 fully saturated rings. The van der Waals surface area contributed by atoms with Crippen LogP contribution in [0.1, 0.15) is 27.7 Å². The molecule has 0 aromatic heterocycles. The van der Waals surface area contributed by atoms with Gasteiger partial charge in [0.25, 0.3) is 0 Å². The Hall–Kier alpha value is -1.79. The Bertz CT molecular complexity index is 390. The summed E-state index contributed by atoms with van der Waals surface area (Å²) in [7, 11) is 0. The van der Waals surface area contributed by atoms with Crippen LogP contribution < -0.4 is 5.32 Å². The van der Waals surface area contributed by atoms with Crippen molar-refractivity contribution in [2.24, 2.45) is 5.92 Å². The van der Waals surface area contributed by atoms with Gasteiger partial charge in [-0.2, -0.15) is 0 Å². The van der Waals surface area contributed by atoms with E-state index >= 15 is 0 Å². The van der Waals surface area contributed by atoms with Gasteiger partial charge in [-0.05, 0) is 13.8 Å². The summed E-state index contributed by atoms with van der Waals surface area (Å²) in [5, 5.41) is 2.70. The van der Waals surface area contributed by atoms with Gasteiger partial charge in [0.15, 0.2) is 0 Å². The van der Waals surface area contributed by atoms with Crippen LogP contribution in [0.4, 0.5) is 4.79 Å². The molecule has 0 unspecified atom stereocenters. The van der Waals surface area contributed by atoms with Crippen LogP contribution in [0.15, 0.2) is 0 Å². The van der Waals surface area contributed by atoms with Crippen LogP contribution in [0, 0.1) is 5.92 Å². The molecule has 0 spiro atoms. The minimum absolute atomic E-state index is 0.118. The zero-order valence-electron chi connectivity index (χ0n) is 13.2. The second-order valence-corrected chi connectivity index (χ2v) is 5.40. The Morgan fingerprint density at radius 3 is 2.05 bits per heavy atom. The maximum atomic E-state index is 12.2. The third kappa shape index (κ3) is 4.91. The van der Waals surface area contributed by atoms with E-state index in [0.29, 0.717) is 32.8 Å². The number of rotatable bonds is 4. The van der Waals surface area contributed by atoms with Crippen molar-refractivity contribution in [1.82, 2.24) is 15.1 Å². The van der Waals surface area contributed by atoms with Crippen LogP contribution >= 0.6 is 0 Å². The fourth-order valence-electron chi connectivity index (χ4n) is 2.04. The molecule has 1 atom stereocenters. The van der Waals surface area contributed by atoms with Gasteiger partial charge in [0.05, 0.1) is 6.61 Å². The Balaban J connectivity index is 2.44. The molecule has 1 heterocycles. The normalized spacial score (nSPS) is 16.6. The monoisotopic (exact) mass is 299 g/mol. The lowest BCUT2D eigenvalue weighted by Gasteiger charge is -2.35. The highest BCUT2D eigenvalue weighted by Gasteiger charge is 2.28. The summed E-state index contributed by atoms with van der Waals surface area (Å²) in [5.41, 5.74) is 0. The van der Waals surface area contributed by atoms with Gasteiger partial charge in [-0.15, -0.1) is 0 Å². The van der Waals surface area contributed by atoms with Crippen LogP contribution in [0.2, 0.25) is 0 Å². The fourth-order valence-corrected chi connectivity index (χ4v) is 2.04. The Labute approximate surface area is 125 Å². The molecular weight excluding hydrogens is 274 g/mol. The molecule has 0 bridgehead atoms. The zero-order chi connectivity index (χ0) is 16.0. The van der Waals surface area contributed by atoms with E-state index in [4.69, 9.17) is 4.74 Å². The number of hydrogen-bond donors (Lipinski definition) is 1. The van der Waals surface area contributed by atoms with Crippen molar-refractivity contribution >= 4 is 17.9 Å². The summed E-state index contributed by atoms with van der Waals surface area (Å²) in [6.07, 6.45) is -0.342. The Morgan fingerprint density at radius 1 is 1.05 bits per heavy atom. The van der Waals surface area contributed by atoms with Gasteiger partial charge in [0.2, 0.25) is 11.8 Å². The number of nitrogens with zero attached hydrogens (tertiary/aromatic N) is 2. The molecule has 7 nitrogen and oxygen atoms in total. The average molecular weight is 299 g/mol. The SMILES string of the molecule is CCOC(=O)N1CCN(C(=O)[C@H](C)NC(=O)C(C)C)CC1. The Morgan fingerprint density at radius 2 is 1.57 bits per heavy atom. The molecule has 3 amide bonds. The van der Waals surface area contributed by atoms with Crippen LogP contribution in [0.5, 0.6) is 0 Å². The van der Waals surface area contributed by atoms with Crippen molar-refractivity contribution in [2.45, 2.75) is 33.7 Å². The molecule has 0 aromatic rings. The van der Waals surface area contributed by atoms with Gasteiger partial charge in [-0.1, -0.05) is 13.8 Å². The van der Waals surface area contributed by atoms with Gasteiger partial charge in [0.1, 0.15) is 6.04 Å². The van der Waals surface area contributed by atoms with Crippen molar-refractivity contribution in [3.63, 3.8) is 0 Å². The van der Waals surface area contributed by atoms with Crippen molar-refractivity contribution in [3.8, 4) is 0 Å². The topological polar surface area (TPSA) is 79.0 Å². The first-order chi connectivity index (χ1) is 9.86. The van der Waals surface area contributed by atoms with Crippen LogP contribution in [-0.4, -0.2) is 66.5 Å². The highest BCUT2D eigenvalue weighted by molar-refractivity contribution is 5.88. The lowest BCUT2D eigenvalue weighted by Crippen LogP contribution is -2.55. The molecule has 0 saturated carbocycles. The molecule has 0 radical (unpaired) electrons. The van der Waals surface area contributed by atoms with E-state index in [9.17, 15) is 14.4 Å². The number of ether oxygens (including phenoxy) is 1. The van der Waals surface area contributed by atoms with E-state index in [1.165, 1.54) is 0 Å².